The van der Waals surface area contributed by atoms with Crippen LogP contribution in [0.1, 0.15) is 11.6 Å². The standard InChI is InChI=1S/C15H15N3O2S/c19-15(10-21-9-11-4-3-7-20-11)16-8-14-17-12-5-1-2-6-13(12)18-14/h1-7H,8-10H2,(H,16,19)(H,17,18). The van der Waals surface area contributed by atoms with Gasteiger partial charge in [0.05, 0.1) is 35.3 Å². The summed E-state index contributed by atoms with van der Waals surface area (Å²) in [5, 5.41) is 2.86. The molecule has 0 fully saturated rings. The summed E-state index contributed by atoms with van der Waals surface area (Å²) < 4.78 is 5.21. The number of nitrogens with one attached hydrogen (secondary N) is 2. The minimum atomic E-state index is -0.00740. The molecule has 0 aliphatic carbocycles. The average Bonchev–Trinajstić information content (AvgIpc) is 3.13. The largest absolute Gasteiger partial charge is 0.468 e. The maximum atomic E-state index is 11.8. The Hall–Kier alpha value is -2.21. The number of imidazole rings is 1. The maximum absolute atomic E-state index is 11.8. The molecule has 2 N–H and O–H groups in total. The minimum absolute atomic E-state index is 0.00740. The summed E-state index contributed by atoms with van der Waals surface area (Å²) in [7, 11) is 0. The highest BCUT2D eigenvalue weighted by atomic mass is 32.2. The number of thioether (sulfide) groups is 1. The van der Waals surface area contributed by atoms with E-state index in [9.17, 15) is 4.79 Å². The normalized spacial score (nSPS) is 10.9. The third kappa shape index (κ3) is 3.66. The number of para-hydroxylation sites is 2. The lowest BCUT2D eigenvalue weighted by molar-refractivity contribution is -0.118. The molecule has 0 aliphatic rings. The second kappa shape index (κ2) is 6.49. The van der Waals surface area contributed by atoms with Crippen molar-refractivity contribution in [3.05, 3.63) is 54.2 Å². The van der Waals surface area contributed by atoms with Gasteiger partial charge in [-0.25, -0.2) is 4.98 Å². The molecular weight excluding hydrogens is 286 g/mol. The van der Waals surface area contributed by atoms with Gasteiger partial charge in [0.25, 0.3) is 0 Å². The van der Waals surface area contributed by atoms with Gasteiger partial charge >= 0.3 is 0 Å². The van der Waals surface area contributed by atoms with Gasteiger partial charge < -0.3 is 14.7 Å². The van der Waals surface area contributed by atoms with E-state index in [1.807, 2.05) is 36.4 Å². The van der Waals surface area contributed by atoms with E-state index in [0.717, 1.165) is 22.6 Å². The van der Waals surface area contributed by atoms with Crippen LogP contribution in [0.3, 0.4) is 0 Å². The molecule has 0 radical (unpaired) electrons. The zero-order chi connectivity index (χ0) is 14.5. The van der Waals surface area contributed by atoms with Crippen LogP contribution in [-0.4, -0.2) is 21.6 Å². The second-order valence-corrected chi connectivity index (χ2v) is 5.54. The topological polar surface area (TPSA) is 70.9 Å². The molecule has 2 aromatic heterocycles. The van der Waals surface area contributed by atoms with Crippen LogP contribution in [0, 0.1) is 0 Å². The van der Waals surface area contributed by atoms with Crippen LogP contribution in [-0.2, 0) is 17.1 Å². The average molecular weight is 301 g/mol. The van der Waals surface area contributed by atoms with Crippen LogP contribution in [0.15, 0.2) is 47.1 Å². The summed E-state index contributed by atoms with van der Waals surface area (Å²) in [6.45, 7) is 0.412. The van der Waals surface area contributed by atoms with E-state index < -0.39 is 0 Å². The fourth-order valence-corrected chi connectivity index (χ4v) is 2.72. The number of aromatic nitrogens is 2. The first-order chi connectivity index (χ1) is 10.3. The lowest BCUT2D eigenvalue weighted by Gasteiger charge is -2.02. The summed E-state index contributed by atoms with van der Waals surface area (Å²) in [6, 6.07) is 11.5. The number of amides is 1. The molecule has 6 heteroatoms. The third-order valence-electron chi connectivity index (χ3n) is 2.95. The number of hydrogen-bond acceptors (Lipinski definition) is 4. The van der Waals surface area contributed by atoms with Gasteiger partial charge in [0.15, 0.2) is 0 Å². The Labute approximate surface area is 126 Å². The Morgan fingerprint density at radius 3 is 3.00 bits per heavy atom. The van der Waals surface area contributed by atoms with Crippen LogP contribution < -0.4 is 5.32 Å². The number of rotatable bonds is 6. The van der Waals surface area contributed by atoms with E-state index in [2.05, 4.69) is 15.3 Å². The number of fused-ring (bicyclic) bond motifs is 1. The fraction of sp³-hybridized carbons (Fsp3) is 0.200. The molecule has 1 aromatic carbocycles. The maximum Gasteiger partial charge on any atom is 0.230 e. The number of benzene rings is 1. The Balaban J connectivity index is 1.44. The van der Waals surface area contributed by atoms with Gasteiger partial charge in [0.1, 0.15) is 11.6 Å². The molecule has 3 aromatic rings. The molecule has 0 unspecified atom stereocenters. The molecule has 0 bridgehead atoms. The number of aromatic amines is 1. The number of carbonyl (C=O) groups excluding carboxylic acids is 1. The first-order valence-electron chi connectivity index (χ1n) is 6.62. The highest BCUT2D eigenvalue weighted by Crippen LogP contribution is 2.12. The quantitative estimate of drug-likeness (QED) is 0.734. The van der Waals surface area contributed by atoms with Crippen molar-refractivity contribution in [2.45, 2.75) is 12.3 Å². The van der Waals surface area contributed by atoms with Crippen molar-refractivity contribution < 1.29 is 9.21 Å². The van der Waals surface area contributed by atoms with E-state index in [1.165, 1.54) is 11.8 Å². The van der Waals surface area contributed by atoms with Gasteiger partial charge in [-0.3, -0.25) is 4.79 Å². The Bertz CT molecular complexity index is 688. The SMILES string of the molecule is O=C(CSCc1ccco1)NCc1nc2ccccc2[nH]1. The van der Waals surface area contributed by atoms with Crippen LogP contribution in [0.2, 0.25) is 0 Å². The third-order valence-corrected chi connectivity index (χ3v) is 3.90. The molecular formula is C15H15N3O2S. The van der Waals surface area contributed by atoms with Crippen LogP contribution in [0.25, 0.3) is 11.0 Å². The van der Waals surface area contributed by atoms with Crippen molar-refractivity contribution >= 4 is 28.7 Å². The first kappa shape index (κ1) is 13.8. The van der Waals surface area contributed by atoms with Gasteiger partial charge in [-0.05, 0) is 24.3 Å². The highest BCUT2D eigenvalue weighted by molar-refractivity contribution is 7.99. The summed E-state index contributed by atoms with van der Waals surface area (Å²) in [5.74, 6) is 2.74. The highest BCUT2D eigenvalue weighted by Gasteiger charge is 2.06. The van der Waals surface area contributed by atoms with Gasteiger partial charge in [0.2, 0.25) is 5.91 Å². The van der Waals surface area contributed by atoms with Crippen molar-refractivity contribution in [2.24, 2.45) is 0 Å². The van der Waals surface area contributed by atoms with Gasteiger partial charge in [-0.2, -0.15) is 0 Å². The molecule has 0 saturated heterocycles. The molecule has 5 nitrogen and oxygen atoms in total. The molecule has 0 saturated carbocycles. The zero-order valence-corrected chi connectivity index (χ0v) is 12.2. The van der Waals surface area contributed by atoms with Crippen LogP contribution in [0.4, 0.5) is 0 Å². The number of furan rings is 1. The molecule has 108 valence electrons. The Morgan fingerprint density at radius 1 is 1.29 bits per heavy atom. The lowest BCUT2D eigenvalue weighted by atomic mass is 10.3. The van der Waals surface area contributed by atoms with Crippen molar-refractivity contribution in [1.82, 2.24) is 15.3 Å². The smallest absolute Gasteiger partial charge is 0.230 e. The van der Waals surface area contributed by atoms with Crippen LogP contribution in [0.5, 0.6) is 0 Å². The molecule has 0 spiro atoms. The molecule has 1 amide bonds. The van der Waals surface area contributed by atoms with Crippen molar-refractivity contribution in [1.29, 1.82) is 0 Å². The summed E-state index contributed by atoms with van der Waals surface area (Å²) in [5.41, 5.74) is 1.89. The molecule has 2 heterocycles. The molecule has 3 rings (SSSR count). The number of hydrogen-bond donors (Lipinski definition) is 2. The van der Waals surface area contributed by atoms with E-state index in [4.69, 9.17) is 4.42 Å². The van der Waals surface area contributed by atoms with Gasteiger partial charge in [-0.15, -0.1) is 11.8 Å². The fourth-order valence-electron chi connectivity index (χ4n) is 1.96. The Kier molecular flexibility index (Phi) is 4.25. The van der Waals surface area contributed by atoms with Crippen molar-refractivity contribution in [3.63, 3.8) is 0 Å². The lowest BCUT2D eigenvalue weighted by Crippen LogP contribution is -2.25. The number of carbonyl (C=O) groups is 1. The molecule has 21 heavy (non-hydrogen) atoms. The number of H-pyrrole nitrogens is 1. The predicted molar refractivity (Wildman–Crippen MR) is 82.8 cm³/mol. The van der Waals surface area contributed by atoms with Crippen molar-refractivity contribution in [2.75, 3.05) is 5.75 Å². The van der Waals surface area contributed by atoms with Gasteiger partial charge in [-0.1, -0.05) is 12.1 Å². The monoisotopic (exact) mass is 301 g/mol. The zero-order valence-electron chi connectivity index (χ0n) is 11.3. The summed E-state index contributed by atoms with van der Waals surface area (Å²) >= 11 is 1.52. The van der Waals surface area contributed by atoms with E-state index in [1.54, 1.807) is 6.26 Å². The van der Waals surface area contributed by atoms with E-state index >= 15 is 0 Å². The summed E-state index contributed by atoms with van der Waals surface area (Å²) in [6.07, 6.45) is 1.64. The van der Waals surface area contributed by atoms with E-state index in [-0.39, 0.29) is 5.91 Å². The second-order valence-electron chi connectivity index (χ2n) is 4.55. The number of nitrogens with zero attached hydrogens (tertiary/aromatic N) is 1. The Morgan fingerprint density at radius 2 is 2.19 bits per heavy atom. The first-order valence-corrected chi connectivity index (χ1v) is 7.77. The molecule has 0 aliphatic heterocycles. The predicted octanol–water partition coefficient (Wildman–Crippen LogP) is 2.71. The van der Waals surface area contributed by atoms with Gasteiger partial charge in [0, 0.05) is 0 Å². The van der Waals surface area contributed by atoms with Crippen LogP contribution >= 0.6 is 11.8 Å². The summed E-state index contributed by atoms with van der Waals surface area (Å²) in [4.78, 5) is 19.4. The van der Waals surface area contributed by atoms with Crippen molar-refractivity contribution in [3.8, 4) is 0 Å². The molecule has 0 atom stereocenters. The van der Waals surface area contributed by atoms with E-state index in [0.29, 0.717) is 18.1 Å². The minimum Gasteiger partial charge on any atom is -0.468 e.